The highest BCUT2D eigenvalue weighted by atomic mass is 14.5. The predicted octanol–water partition coefficient (Wildman–Crippen LogP) is 4.65. The number of nitrogens with one attached hydrogen (secondary N) is 1. The predicted molar refractivity (Wildman–Crippen MR) is 97.5 cm³/mol. The summed E-state index contributed by atoms with van der Waals surface area (Å²) in [4.78, 5) is 0. The van der Waals surface area contributed by atoms with E-state index in [1.54, 1.807) is 6.08 Å². The van der Waals surface area contributed by atoms with E-state index < -0.39 is 0 Å². The minimum atomic E-state index is 0.378. The lowest BCUT2D eigenvalue weighted by Crippen LogP contribution is -2.01. The summed E-state index contributed by atoms with van der Waals surface area (Å²) in [7, 11) is 0. The van der Waals surface area contributed by atoms with Gasteiger partial charge in [-0.1, -0.05) is 72.8 Å². The average Bonchev–Trinajstić information content (AvgIpc) is 2.63. The molecule has 0 amide bonds. The van der Waals surface area contributed by atoms with Gasteiger partial charge in [-0.25, -0.2) is 0 Å². The van der Waals surface area contributed by atoms with Crippen molar-refractivity contribution in [3.05, 3.63) is 102 Å². The molecule has 2 heteroatoms. The van der Waals surface area contributed by atoms with Gasteiger partial charge in [-0.15, -0.1) is 0 Å². The van der Waals surface area contributed by atoms with Gasteiger partial charge in [0.2, 0.25) is 0 Å². The van der Waals surface area contributed by atoms with E-state index in [4.69, 9.17) is 11.1 Å². The fourth-order valence-corrected chi connectivity index (χ4v) is 2.84. The zero-order valence-corrected chi connectivity index (χ0v) is 12.9. The van der Waals surface area contributed by atoms with Crippen molar-refractivity contribution in [3.63, 3.8) is 0 Å². The Kier molecular flexibility index (Phi) is 4.53. The molecule has 23 heavy (non-hydrogen) atoms. The Bertz CT molecular complexity index is 765. The first kappa shape index (κ1) is 15.0. The van der Waals surface area contributed by atoms with Gasteiger partial charge in [0.15, 0.2) is 0 Å². The average molecular weight is 300 g/mol. The molecule has 1 atom stereocenters. The summed E-state index contributed by atoms with van der Waals surface area (Å²) >= 11 is 0. The molecule has 3 N–H and O–H groups in total. The van der Waals surface area contributed by atoms with Crippen molar-refractivity contribution >= 4 is 11.3 Å². The molecule has 0 aliphatic heterocycles. The van der Waals surface area contributed by atoms with Crippen LogP contribution in [0.25, 0.3) is 5.57 Å². The van der Waals surface area contributed by atoms with E-state index in [1.165, 1.54) is 22.9 Å². The fourth-order valence-electron chi connectivity index (χ4n) is 2.84. The largest absolute Gasteiger partial charge is 0.405 e. The fraction of sp³-hybridized carbons (Fsp3) is 0.0952. The molecule has 0 saturated heterocycles. The summed E-state index contributed by atoms with van der Waals surface area (Å²) in [6.45, 7) is 0. The molecule has 0 fully saturated rings. The van der Waals surface area contributed by atoms with Crippen LogP contribution in [-0.4, -0.2) is 5.71 Å². The second-order valence-electron chi connectivity index (χ2n) is 5.63. The molecule has 1 unspecified atom stereocenters. The maximum atomic E-state index is 7.90. The van der Waals surface area contributed by atoms with Crippen LogP contribution in [0.1, 0.15) is 29.0 Å². The van der Waals surface area contributed by atoms with Crippen LogP contribution in [0.2, 0.25) is 0 Å². The molecule has 1 aliphatic carbocycles. The van der Waals surface area contributed by atoms with Gasteiger partial charge in [-0.2, -0.15) is 0 Å². The number of allylic oxidation sites excluding steroid dienone is 5. The zero-order chi connectivity index (χ0) is 16.1. The molecule has 2 nitrogen and oxygen atoms in total. The normalized spacial score (nSPS) is 17.2. The molecular formula is C21H20N2. The highest BCUT2D eigenvalue weighted by molar-refractivity contribution is 6.06. The topological polar surface area (TPSA) is 49.9 Å². The molecule has 0 radical (unpaired) electrons. The Morgan fingerprint density at radius 2 is 1.78 bits per heavy atom. The molecule has 0 aromatic heterocycles. The van der Waals surface area contributed by atoms with Gasteiger partial charge >= 0.3 is 0 Å². The van der Waals surface area contributed by atoms with E-state index in [-0.39, 0.29) is 0 Å². The second-order valence-corrected chi connectivity index (χ2v) is 5.63. The number of hydrogen-bond donors (Lipinski definition) is 2. The van der Waals surface area contributed by atoms with Crippen LogP contribution in [0, 0.1) is 5.41 Å². The molecular weight excluding hydrogens is 280 g/mol. The van der Waals surface area contributed by atoms with Gasteiger partial charge < -0.3 is 11.1 Å². The van der Waals surface area contributed by atoms with Crippen molar-refractivity contribution in [3.8, 4) is 0 Å². The van der Waals surface area contributed by atoms with E-state index in [9.17, 15) is 0 Å². The standard InChI is InChI=1S/C21H20N2/c22-14-13-21(23)18-11-9-17(10-12-18)20-8-4-7-19(15-20)16-5-2-1-3-6-16/h1-7,9-15,20,23H,8,22H2/b14-13-,23-21?. The van der Waals surface area contributed by atoms with Gasteiger partial charge in [-0.05, 0) is 41.0 Å². The molecule has 114 valence electrons. The highest BCUT2D eigenvalue weighted by Gasteiger charge is 2.13. The highest BCUT2D eigenvalue weighted by Crippen LogP contribution is 2.31. The Morgan fingerprint density at radius 3 is 2.48 bits per heavy atom. The van der Waals surface area contributed by atoms with Crippen molar-refractivity contribution in [2.24, 2.45) is 5.73 Å². The van der Waals surface area contributed by atoms with Gasteiger partial charge in [0.25, 0.3) is 0 Å². The van der Waals surface area contributed by atoms with Gasteiger partial charge in [0, 0.05) is 5.92 Å². The number of nitrogens with two attached hydrogens (primary N) is 1. The molecule has 0 heterocycles. The number of benzene rings is 2. The number of hydrogen-bond acceptors (Lipinski definition) is 2. The molecule has 0 saturated carbocycles. The van der Waals surface area contributed by atoms with Crippen molar-refractivity contribution in [1.82, 2.24) is 0 Å². The monoisotopic (exact) mass is 300 g/mol. The Labute approximate surface area is 137 Å². The maximum absolute atomic E-state index is 7.90. The van der Waals surface area contributed by atoms with Crippen molar-refractivity contribution in [2.45, 2.75) is 12.3 Å². The summed E-state index contributed by atoms with van der Waals surface area (Å²) in [5.74, 6) is 0.378. The van der Waals surface area contributed by atoms with Crippen molar-refractivity contribution < 1.29 is 0 Å². The summed E-state index contributed by atoms with van der Waals surface area (Å²) in [5, 5.41) is 7.90. The first-order valence-corrected chi connectivity index (χ1v) is 7.79. The van der Waals surface area contributed by atoms with E-state index in [2.05, 4.69) is 54.6 Å². The van der Waals surface area contributed by atoms with Crippen LogP contribution >= 0.6 is 0 Å². The smallest absolute Gasteiger partial charge is 0.0626 e. The summed E-state index contributed by atoms with van der Waals surface area (Å²) in [6.07, 6.45) is 10.8. The van der Waals surface area contributed by atoms with Crippen LogP contribution in [0.3, 0.4) is 0 Å². The second kappa shape index (κ2) is 6.93. The lowest BCUT2D eigenvalue weighted by atomic mass is 9.87. The molecule has 2 aromatic rings. The summed E-state index contributed by atoms with van der Waals surface area (Å²) in [6, 6.07) is 18.7. The van der Waals surface area contributed by atoms with Gasteiger partial charge in [0.1, 0.15) is 0 Å². The summed E-state index contributed by atoms with van der Waals surface area (Å²) < 4.78 is 0. The third-order valence-corrected chi connectivity index (χ3v) is 4.09. The molecule has 3 rings (SSSR count). The van der Waals surface area contributed by atoms with Crippen molar-refractivity contribution in [1.29, 1.82) is 5.41 Å². The summed E-state index contributed by atoms with van der Waals surface area (Å²) in [5.41, 5.74) is 10.5. The van der Waals surface area contributed by atoms with E-state index in [1.807, 2.05) is 18.2 Å². The van der Waals surface area contributed by atoms with E-state index >= 15 is 0 Å². The molecule has 1 aliphatic rings. The third-order valence-electron chi connectivity index (χ3n) is 4.09. The van der Waals surface area contributed by atoms with E-state index in [0.29, 0.717) is 11.6 Å². The quantitative estimate of drug-likeness (QED) is 0.793. The maximum Gasteiger partial charge on any atom is 0.0626 e. The molecule has 2 aromatic carbocycles. The van der Waals surface area contributed by atoms with Gasteiger partial charge in [0.05, 0.1) is 5.71 Å². The molecule has 0 spiro atoms. The van der Waals surface area contributed by atoms with E-state index in [0.717, 1.165) is 12.0 Å². The zero-order valence-electron chi connectivity index (χ0n) is 12.9. The Hall–Kier alpha value is -2.87. The number of rotatable bonds is 4. The Morgan fingerprint density at radius 1 is 1.04 bits per heavy atom. The van der Waals surface area contributed by atoms with Crippen LogP contribution in [0.4, 0.5) is 0 Å². The van der Waals surface area contributed by atoms with Crippen molar-refractivity contribution in [2.75, 3.05) is 0 Å². The Balaban J connectivity index is 1.83. The van der Waals surface area contributed by atoms with Crippen LogP contribution in [0.15, 0.2) is 85.1 Å². The SMILES string of the molecule is N=C(/C=C\N)c1ccc(C2C=C(c3ccccc3)C=CC2)cc1. The minimum absolute atomic E-state index is 0.378. The lowest BCUT2D eigenvalue weighted by molar-refractivity contribution is 0.857. The van der Waals surface area contributed by atoms with Crippen LogP contribution in [-0.2, 0) is 0 Å². The lowest BCUT2D eigenvalue weighted by Gasteiger charge is -2.18. The van der Waals surface area contributed by atoms with Gasteiger partial charge in [-0.3, -0.25) is 0 Å². The van der Waals surface area contributed by atoms with Crippen LogP contribution in [0.5, 0.6) is 0 Å². The first-order valence-electron chi connectivity index (χ1n) is 7.79. The third kappa shape index (κ3) is 3.49. The van der Waals surface area contributed by atoms with Crippen LogP contribution < -0.4 is 5.73 Å². The molecule has 0 bridgehead atoms. The first-order chi connectivity index (χ1) is 11.3. The minimum Gasteiger partial charge on any atom is -0.405 e.